The molecule has 1 aliphatic rings. The SMILES string of the molecule is Cc1ccc(C2=C(Nc3ccccc3C)C(=O)N(c3cc(Cl)ccc3C)C2=O)c(C)c1. The van der Waals surface area contributed by atoms with E-state index in [2.05, 4.69) is 5.32 Å². The van der Waals surface area contributed by atoms with E-state index in [1.165, 1.54) is 4.90 Å². The molecule has 0 unspecified atom stereocenters. The molecular formula is C26H23ClN2O2. The van der Waals surface area contributed by atoms with Crippen LogP contribution in [0.5, 0.6) is 0 Å². The molecule has 0 saturated heterocycles. The number of carbonyl (C=O) groups excluding carboxylic acids is 2. The Balaban J connectivity index is 1.91. The number of anilines is 2. The van der Waals surface area contributed by atoms with E-state index < -0.39 is 5.91 Å². The summed E-state index contributed by atoms with van der Waals surface area (Å²) in [5.41, 5.74) is 6.45. The van der Waals surface area contributed by atoms with Crippen LogP contribution in [0.1, 0.15) is 27.8 Å². The van der Waals surface area contributed by atoms with E-state index in [1.807, 2.05) is 76.2 Å². The van der Waals surface area contributed by atoms with E-state index in [4.69, 9.17) is 11.6 Å². The number of nitrogens with one attached hydrogen (secondary N) is 1. The minimum Gasteiger partial charge on any atom is -0.350 e. The van der Waals surface area contributed by atoms with E-state index >= 15 is 0 Å². The lowest BCUT2D eigenvalue weighted by molar-refractivity contribution is -0.120. The summed E-state index contributed by atoms with van der Waals surface area (Å²) in [4.78, 5) is 28.5. The van der Waals surface area contributed by atoms with Crippen molar-refractivity contribution in [1.82, 2.24) is 0 Å². The number of hydrogen-bond acceptors (Lipinski definition) is 3. The summed E-state index contributed by atoms with van der Waals surface area (Å²) in [6, 6.07) is 18.8. The first-order chi connectivity index (χ1) is 14.8. The molecule has 156 valence electrons. The summed E-state index contributed by atoms with van der Waals surface area (Å²) in [5.74, 6) is -0.757. The summed E-state index contributed by atoms with van der Waals surface area (Å²) in [5, 5.41) is 3.72. The Bertz CT molecular complexity index is 1260. The Morgan fingerprint density at radius 3 is 2.23 bits per heavy atom. The highest BCUT2D eigenvalue weighted by molar-refractivity contribution is 6.46. The van der Waals surface area contributed by atoms with Gasteiger partial charge in [0, 0.05) is 10.7 Å². The number of aryl methyl sites for hydroxylation is 4. The molecule has 0 saturated carbocycles. The first-order valence-corrected chi connectivity index (χ1v) is 10.4. The average Bonchev–Trinajstić information content (AvgIpc) is 2.95. The number of para-hydroxylation sites is 1. The molecule has 4 nitrogen and oxygen atoms in total. The van der Waals surface area contributed by atoms with Crippen LogP contribution in [0.4, 0.5) is 11.4 Å². The van der Waals surface area contributed by atoms with Crippen molar-refractivity contribution in [3.8, 4) is 0 Å². The van der Waals surface area contributed by atoms with E-state index in [-0.39, 0.29) is 11.6 Å². The predicted octanol–water partition coefficient (Wildman–Crippen LogP) is 5.97. The number of amides is 2. The number of halogens is 1. The molecule has 0 spiro atoms. The molecule has 5 heteroatoms. The first kappa shape index (κ1) is 20.9. The van der Waals surface area contributed by atoms with Crippen molar-refractivity contribution in [2.75, 3.05) is 10.2 Å². The molecule has 1 aliphatic heterocycles. The van der Waals surface area contributed by atoms with Gasteiger partial charge in [0.15, 0.2) is 0 Å². The summed E-state index contributed by atoms with van der Waals surface area (Å²) in [6.45, 7) is 7.77. The summed E-state index contributed by atoms with van der Waals surface area (Å²) < 4.78 is 0. The quantitative estimate of drug-likeness (QED) is 0.518. The molecule has 4 rings (SSSR count). The smallest absolute Gasteiger partial charge is 0.282 e. The summed E-state index contributed by atoms with van der Waals surface area (Å²) >= 11 is 6.20. The van der Waals surface area contributed by atoms with Crippen molar-refractivity contribution in [2.24, 2.45) is 0 Å². The maximum absolute atomic E-state index is 13.7. The Morgan fingerprint density at radius 2 is 1.52 bits per heavy atom. The van der Waals surface area contributed by atoms with Crippen LogP contribution in [0.15, 0.2) is 66.4 Å². The normalized spacial score (nSPS) is 13.9. The number of nitrogens with zero attached hydrogens (tertiary/aromatic N) is 1. The number of hydrogen-bond donors (Lipinski definition) is 1. The summed E-state index contributed by atoms with van der Waals surface area (Å²) in [6.07, 6.45) is 0. The van der Waals surface area contributed by atoms with Crippen molar-refractivity contribution >= 4 is 40.4 Å². The van der Waals surface area contributed by atoms with E-state index in [0.717, 1.165) is 33.5 Å². The fourth-order valence-corrected chi connectivity index (χ4v) is 4.05. The maximum atomic E-state index is 13.7. The standard InChI is InChI=1S/C26H23ClN2O2/c1-15-9-12-20(18(4)13-15)23-24(28-21-8-6-5-7-16(21)2)26(31)29(25(23)30)22-14-19(27)11-10-17(22)3/h5-14,28H,1-4H3. The van der Waals surface area contributed by atoms with Gasteiger partial charge in [-0.3, -0.25) is 9.59 Å². The first-order valence-electron chi connectivity index (χ1n) is 10.1. The minimum atomic E-state index is -0.395. The third-order valence-corrected chi connectivity index (χ3v) is 5.79. The van der Waals surface area contributed by atoms with Gasteiger partial charge >= 0.3 is 0 Å². The zero-order valence-corrected chi connectivity index (χ0v) is 18.7. The zero-order valence-electron chi connectivity index (χ0n) is 17.9. The predicted molar refractivity (Wildman–Crippen MR) is 126 cm³/mol. The molecule has 0 fully saturated rings. The fraction of sp³-hybridized carbons (Fsp3) is 0.154. The van der Waals surface area contributed by atoms with Crippen LogP contribution in [0.3, 0.4) is 0 Å². The zero-order chi connectivity index (χ0) is 22.3. The molecular weight excluding hydrogens is 408 g/mol. The topological polar surface area (TPSA) is 49.4 Å². The van der Waals surface area contributed by atoms with E-state index in [9.17, 15) is 9.59 Å². The van der Waals surface area contributed by atoms with Crippen molar-refractivity contribution in [1.29, 1.82) is 0 Å². The van der Waals surface area contributed by atoms with Crippen molar-refractivity contribution in [3.63, 3.8) is 0 Å². The van der Waals surface area contributed by atoms with E-state index in [0.29, 0.717) is 16.3 Å². The van der Waals surface area contributed by atoms with Gasteiger partial charge in [0.05, 0.1) is 11.3 Å². The highest BCUT2D eigenvalue weighted by Gasteiger charge is 2.41. The largest absolute Gasteiger partial charge is 0.350 e. The number of benzene rings is 3. The highest BCUT2D eigenvalue weighted by atomic mass is 35.5. The van der Waals surface area contributed by atoms with Gasteiger partial charge in [-0.05, 0) is 68.1 Å². The van der Waals surface area contributed by atoms with Crippen LogP contribution in [0.25, 0.3) is 5.57 Å². The monoisotopic (exact) mass is 430 g/mol. The number of rotatable bonds is 4. The maximum Gasteiger partial charge on any atom is 0.282 e. The second-order valence-corrected chi connectivity index (χ2v) is 8.32. The van der Waals surface area contributed by atoms with Gasteiger partial charge in [0.1, 0.15) is 5.70 Å². The Kier molecular flexibility index (Phi) is 5.42. The van der Waals surface area contributed by atoms with Gasteiger partial charge in [0.25, 0.3) is 11.8 Å². The molecule has 0 radical (unpaired) electrons. The Morgan fingerprint density at radius 1 is 0.774 bits per heavy atom. The highest BCUT2D eigenvalue weighted by Crippen LogP contribution is 2.37. The molecule has 1 N–H and O–H groups in total. The minimum absolute atomic E-state index is 0.269. The second kappa shape index (κ2) is 8.05. The Hall–Kier alpha value is -3.37. The van der Waals surface area contributed by atoms with Crippen LogP contribution in [0, 0.1) is 27.7 Å². The van der Waals surface area contributed by atoms with Gasteiger partial charge < -0.3 is 5.32 Å². The number of carbonyl (C=O) groups is 2. The summed E-state index contributed by atoms with van der Waals surface area (Å²) in [7, 11) is 0. The molecule has 3 aromatic carbocycles. The molecule has 0 atom stereocenters. The van der Waals surface area contributed by atoms with E-state index in [1.54, 1.807) is 12.1 Å². The average molecular weight is 431 g/mol. The van der Waals surface area contributed by atoms with Crippen molar-refractivity contribution in [2.45, 2.75) is 27.7 Å². The molecule has 0 aliphatic carbocycles. The fourth-order valence-electron chi connectivity index (χ4n) is 3.88. The third kappa shape index (κ3) is 3.75. The molecule has 0 bridgehead atoms. The van der Waals surface area contributed by atoms with Gasteiger partial charge in [-0.15, -0.1) is 0 Å². The molecule has 31 heavy (non-hydrogen) atoms. The lowest BCUT2D eigenvalue weighted by Gasteiger charge is -2.18. The molecule has 2 amide bonds. The second-order valence-electron chi connectivity index (χ2n) is 7.88. The van der Waals surface area contributed by atoms with Crippen LogP contribution in [0.2, 0.25) is 5.02 Å². The van der Waals surface area contributed by atoms with Crippen LogP contribution in [-0.2, 0) is 9.59 Å². The lowest BCUT2D eigenvalue weighted by atomic mass is 9.97. The van der Waals surface area contributed by atoms with Gasteiger partial charge in [0.2, 0.25) is 0 Å². The Labute approximate surface area is 187 Å². The van der Waals surface area contributed by atoms with Gasteiger partial charge in [-0.25, -0.2) is 4.90 Å². The van der Waals surface area contributed by atoms with Crippen molar-refractivity contribution < 1.29 is 9.59 Å². The van der Waals surface area contributed by atoms with Gasteiger partial charge in [-0.2, -0.15) is 0 Å². The van der Waals surface area contributed by atoms with Crippen LogP contribution in [-0.4, -0.2) is 11.8 Å². The van der Waals surface area contributed by atoms with Crippen LogP contribution >= 0.6 is 11.6 Å². The molecule has 3 aromatic rings. The number of imide groups is 1. The third-order valence-electron chi connectivity index (χ3n) is 5.55. The molecule has 1 heterocycles. The lowest BCUT2D eigenvalue weighted by Crippen LogP contribution is -2.33. The van der Waals surface area contributed by atoms with Crippen LogP contribution < -0.4 is 10.2 Å². The van der Waals surface area contributed by atoms with Crippen molar-refractivity contribution in [3.05, 3.63) is 99.2 Å². The molecule has 0 aromatic heterocycles. The van der Waals surface area contributed by atoms with Gasteiger partial charge in [-0.1, -0.05) is 59.6 Å².